The molecule has 1 unspecified atom stereocenters. The van der Waals surface area contributed by atoms with Crippen molar-refractivity contribution in [1.82, 2.24) is 10.2 Å². The van der Waals surface area contributed by atoms with Crippen LogP contribution in [0.1, 0.15) is 12.0 Å². The average Bonchev–Trinajstić information content (AvgIpc) is 2.63. The van der Waals surface area contributed by atoms with E-state index in [9.17, 15) is 4.79 Å². The Morgan fingerprint density at radius 2 is 1.96 bits per heavy atom. The maximum atomic E-state index is 12.1. The molecule has 0 bridgehead atoms. The van der Waals surface area contributed by atoms with Crippen LogP contribution in [-0.4, -0.2) is 67.7 Å². The van der Waals surface area contributed by atoms with Gasteiger partial charge in [0.05, 0.1) is 13.2 Å². The Morgan fingerprint density at radius 3 is 2.62 bits per heavy atom. The molecular formula is C18H29Cl2N3O2S. The Kier molecular flexibility index (Phi) is 11.6. The van der Waals surface area contributed by atoms with Gasteiger partial charge in [0.15, 0.2) is 0 Å². The third-order valence-electron chi connectivity index (χ3n) is 4.49. The molecule has 2 aliphatic heterocycles. The number of hydrogen-bond donors (Lipinski definition) is 2. The first-order valence-electron chi connectivity index (χ1n) is 8.79. The molecule has 0 spiro atoms. The fourth-order valence-electron chi connectivity index (χ4n) is 3.05. The quantitative estimate of drug-likeness (QED) is 0.738. The van der Waals surface area contributed by atoms with Gasteiger partial charge in [0, 0.05) is 55.8 Å². The molecule has 2 aliphatic rings. The fourth-order valence-corrected chi connectivity index (χ4v) is 4.03. The Labute approximate surface area is 172 Å². The number of ether oxygens (including phenoxy) is 1. The number of benzene rings is 1. The van der Waals surface area contributed by atoms with E-state index < -0.39 is 0 Å². The highest BCUT2D eigenvalue weighted by atomic mass is 35.5. The molecule has 0 saturated carbocycles. The summed E-state index contributed by atoms with van der Waals surface area (Å²) in [7, 11) is 0. The van der Waals surface area contributed by atoms with Crippen LogP contribution in [0.15, 0.2) is 24.3 Å². The Morgan fingerprint density at radius 1 is 1.23 bits per heavy atom. The topological polar surface area (TPSA) is 53.6 Å². The lowest BCUT2D eigenvalue weighted by Crippen LogP contribution is -2.43. The summed E-state index contributed by atoms with van der Waals surface area (Å²) in [5.74, 6) is 2.55. The number of carbonyl (C=O) groups is 1. The number of rotatable bonds is 6. The summed E-state index contributed by atoms with van der Waals surface area (Å²) in [5, 5.41) is 6.28. The molecule has 2 heterocycles. The summed E-state index contributed by atoms with van der Waals surface area (Å²) < 4.78 is 5.38. The van der Waals surface area contributed by atoms with Gasteiger partial charge in [-0.15, -0.1) is 24.8 Å². The highest BCUT2D eigenvalue weighted by Crippen LogP contribution is 2.13. The molecule has 2 fully saturated rings. The van der Waals surface area contributed by atoms with Crippen LogP contribution in [0.3, 0.4) is 0 Å². The summed E-state index contributed by atoms with van der Waals surface area (Å²) in [4.78, 5) is 14.6. The first-order chi connectivity index (χ1) is 11.8. The van der Waals surface area contributed by atoms with Crippen molar-refractivity contribution in [2.75, 3.05) is 56.2 Å². The number of nitrogens with zero attached hydrogens (tertiary/aromatic N) is 1. The number of amides is 1. The summed E-state index contributed by atoms with van der Waals surface area (Å²) in [6, 6.07) is 8.38. The molecule has 1 amide bonds. The molecule has 3 rings (SSSR count). The zero-order valence-corrected chi connectivity index (χ0v) is 17.4. The predicted octanol–water partition coefficient (Wildman–Crippen LogP) is 2.44. The van der Waals surface area contributed by atoms with Crippen molar-refractivity contribution in [2.45, 2.75) is 18.9 Å². The van der Waals surface area contributed by atoms with Gasteiger partial charge in [-0.05, 0) is 24.1 Å². The van der Waals surface area contributed by atoms with Gasteiger partial charge in [0.25, 0.3) is 0 Å². The van der Waals surface area contributed by atoms with Gasteiger partial charge >= 0.3 is 0 Å². The minimum Gasteiger partial charge on any atom is -0.378 e. The molecule has 26 heavy (non-hydrogen) atoms. The van der Waals surface area contributed by atoms with E-state index in [1.54, 1.807) is 0 Å². The normalized spacial score (nSPS) is 20.5. The molecule has 0 radical (unpaired) electrons. The second kappa shape index (κ2) is 12.8. The third-order valence-corrected chi connectivity index (χ3v) is 5.43. The maximum Gasteiger partial charge on any atom is 0.226 e. The highest BCUT2D eigenvalue weighted by Gasteiger charge is 2.16. The molecule has 2 saturated heterocycles. The number of thioether (sulfide) groups is 1. The minimum absolute atomic E-state index is 0. The van der Waals surface area contributed by atoms with Crippen molar-refractivity contribution in [1.29, 1.82) is 0 Å². The standard InChI is InChI=1S/C18H27N3O2S.2ClH/c22-18(13-17-14-23-10-6-19-17)20-16-3-1-15(2-4-16)5-7-21-8-11-24-12-9-21;;/h1-4,17,19H,5-14H2,(H,20,22);2*1H. The Hall–Kier alpha value is -0.500. The summed E-state index contributed by atoms with van der Waals surface area (Å²) in [6.45, 7) is 5.70. The molecule has 1 aromatic carbocycles. The molecular weight excluding hydrogens is 393 g/mol. The van der Waals surface area contributed by atoms with E-state index in [4.69, 9.17) is 4.74 Å². The van der Waals surface area contributed by atoms with Crippen LogP contribution in [0.25, 0.3) is 0 Å². The number of hydrogen-bond acceptors (Lipinski definition) is 5. The van der Waals surface area contributed by atoms with Gasteiger partial charge in [-0.25, -0.2) is 0 Å². The summed E-state index contributed by atoms with van der Waals surface area (Å²) in [5.41, 5.74) is 2.20. The van der Waals surface area contributed by atoms with E-state index in [-0.39, 0.29) is 36.8 Å². The van der Waals surface area contributed by atoms with E-state index in [2.05, 4.69) is 27.7 Å². The number of halogens is 2. The first kappa shape index (κ1) is 23.5. The lowest BCUT2D eigenvalue weighted by molar-refractivity contribution is -0.117. The predicted molar refractivity (Wildman–Crippen MR) is 114 cm³/mol. The van der Waals surface area contributed by atoms with E-state index >= 15 is 0 Å². The first-order valence-corrected chi connectivity index (χ1v) is 9.95. The van der Waals surface area contributed by atoms with Crippen molar-refractivity contribution in [3.05, 3.63) is 29.8 Å². The van der Waals surface area contributed by atoms with E-state index in [1.165, 1.54) is 30.2 Å². The smallest absolute Gasteiger partial charge is 0.226 e. The van der Waals surface area contributed by atoms with Crippen LogP contribution in [0.2, 0.25) is 0 Å². The van der Waals surface area contributed by atoms with Crippen LogP contribution in [-0.2, 0) is 16.0 Å². The van der Waals surface area contributed by atoms with Gasteiger partial charge in [0.1, 0.15) is 0 Å². The largest absolute Gasteiger partial charge is 0.378 e. The fraction of sp³-hybridized carbons (Fsp3) is 0.611. The molecule has 0 aromatic heterocycles. The summed E-state index contributed by atoms with van der Waals surface area (Å²) in [6.07, 6.45) is 1.52. The lowest BCUT2D eigenvalue weighted by atomic mass is 10.1. The van der Waals surface area contributed by atoms with Gasteiger partial charge < -0.3 is 20.3 Å². The molecule has 1 atom stereocenters. The van der Waals surface area contributed by atoms with E-state index in [1.807, 2.05) is 23.9 Å². The molecule has 2 N–H and O–H groups in total. The van der Waals surface area contributed by atoms with Crippen LogP contribution in [0, 0.1) is 0 Å². The number of anilines is 1. The van der Waals surface area contributed by atoms with Gasteiger partial charge in [0.2, 0.25) is 5.91 Å². The van der Waals surface area contributed by atoms with Crippen LogP contribution in [0.5, 0.6) is 0 Å². The van der Waals surface area contributed by atoms with E-state index in [0.29, 0.717) is 13.0 Å². The Bertz CT molecular complexity index is 522. The van der Waals surface area contributed by atoms with Crippen molar-refractivity contribution < 1.29 is 9.53 Å². The number of morpholine rings is 1. The zero-order valence-electron chi connectivity index (χ0n) is 14.9. The van der Waals surface area contributed by atoms with Crippen molar-refractivity contribution in [3.63, 3.8) is 0 Å². The summed E-state index contributed by atoms with van der Waals surface area (Å²) >= 11 is 2.05. The minimum atomic E-state index is 0. The number of nitrogens with one attached hydrogen (secondary N) is 2. The van der Waals surface area contributed by atoms with Crippen molar-refractivity contribution in [3.8, 4) is 0 Å². The lowest BCUT2D eigenvalue weighted by Gasteiger charge is -2.26. The molecule has 1 aromatic rings. The molecule has 5 nitrogen and oxygen atoms in total. The Balaban J connectivity index is 0.00000169. The van der Waals surface area contributed by atoms with Gasteiger partial charge in [-0.3, -0.25) is 4.79 Å². The maximum absolute atomic E-state index is 12.1. The second-order valence-corrected chi connectivity index (χ2v) is 7.60. The zero-order chi connectivity index (χ0) is 16.6. The van der Waals surface area contributed by atoms with Crippen LogP contribution in [0.4, 0.5) is 5.69 Å². The monoisotopic (exact) mass is 421 g/mol. The van der Waals surface area contributed by atoms with Crippen molar-refractivity contribution in [2.24, 2.45) is 0 Å². The highest BCUT2D eigenvalue weighted by molar-refractivity contribution is 7.99. The van der Waals surface area contributed by atoms with Gasteiger partial charge in [-0.2, -0.15) is 11.8 Å². The van der Waals surface area contributed by atoms with Gasteiger partial charge in [-0.1, -0.05) is 12.1 Å². The van der Waals surface area contributed by atoms with Crippen LogP contribution >= 0.6 is 36.6 Å². The van der Waals surface area contributed by atoms with E-state index in [0.717, 1.165) is 31.8 Å². The number of carbonyl (C=O) groups excluding carboxylic acids is 1. The average molecular weight is 422 g/mol. The molecule has 148 valence electrons. The van der Waals surface area contributed by atoms with Crippen LogP contribution < -0.4 is 10.6 Å². The SMILES string of the molecule is Cl.Cl.O=C(CC1COCCN1)Nc1ccc(CCN2CCSCC2)cc1. The van der Waals surface area contributed by atoms with Crippen molar-refractivity contribution >= 4 is 48.2 Å². The molecule has 0 aliphatic carbocycles. The molecule has 8 heteroatoms. The second-order valence-electron chi connectivity index (χ2n) is 6.38. The third kappa shape index (κ3) is 8.03.